The van der Waals surface area contributed by atoms with Gasteiger partial charge in [-0.25, -0.2) is 9.67 Å². The van der Waals surface area contributed by atoms with Crippen molar-refractivity contribution in [3.8, 4) is 5.82 Å². The summed E-state index contributed by atoms with van der Waals surface area (Å²) in [5, 5.41) is 7.99. The van der Waals surface area contributed by atoms with Crippen molar-refractivity contribution in [2.24, 2.45) is 0 Å². The Hall–Kier alpha value is -1.79. The first-order valence-electron chi connectivity index (χ1n) is 7.44. The maximum Gasteiger partial charge on any atom is 0.161 e. The van der Waals surface area contributed by atoms with Crippen molar-refractivity contribution in [3.63, 3.8) is 0 Å². The van der Waals surface area contributed by atoms with E-state index in [4.69, 9.17) is 9.72 Å². The molecule has 0 bridgehead atoms. The molecule has 0 atom stereocenters. The molecule has 2 aliphatic rings. The number of fused-ring (bicyclic) bond motifs is 1. The summed E-state index contributed by atoms with van der Waals surface area (Å²) in [6.45, 7) is 6.29. The monoisotopic (exact) mass is 321 g/mol. The highest BCUT2D eigenvalue weighted by Crippen LogP contribution is 2.31. The lowest BCUT2D eigenvalue weighted by atomic mass is 10.2. The van der Waals surface area contributed by atoms with Crippen LogP contribution in [0.3, 0.4) is 0 Å². The lowest BCUT2D eigenvalue weighted by molar-refractivity contribution is 0.122. The van der Waals surface area contributed by atoms with Crippen molar-refractivity contribution in [1.29, 1.82) is 0 Å². The van der Waals surface area contributed by atoms with Gasteiger partial charge in [0.1, 0.15) is 5.82 Å². The molecule has 0 spiro atoms. The summed E-state index contributed by atoms with van der Waals surface area (Å²) in [6.07, 6.45) is 2.99. The Labute approximate surface area is 135 Å². The Balaban J connectivity index is 0.00000144. The predicted octanol–water partition coefficient (Wildman–Crippen LogP) is 1.80. The van der Waals surface area contributed by atoms with Gasteiger partial charge in [0, 0.05) is 43.1 Å². The minimum absolute atomic E-state index is 0. The average Bonchev–Trinajstić information content (AvgIpc) is 3.15. The van der Waals surface area contributed by atoms with E-state index in [1.54, 1.807) is 0 Å². The van der Waals surface area contributed by atoms with E-state index in [-0.39, 0.29) is 12.4 Å². The zero-order chi connectivity index (χ0) is 14.2. The topological polar surface area (TPSA) is 55.2 Å². The van der Waals surface area contributed by atoms with Crippen molar-refractivity contribution in [3.05, 3.63) is 29.6 Å². The third-order valence-electron chi connectivity index (χ3n) is 4.05. The molecule has 1 saturated heterocycles. The molecular weight excluding hydrogens is 302 g/mol. The second-order valence-corrected chi connectivity index (χ2v) is 5.51. The number of anilines is 2. The first kappa shape index (κ1) is 15.1. The second-order valence-electron chi connectivity index (χ2n) is 5.51. The summed E-state index contributed by atoms with van der Waals surface area (Å²) >= 11 is 0. The lowest BCUT2D eigenvalue weighted by Gasteiger charge is -2.28. The van der Waals surface area contributed by atoms with E-state index in [1.807, 2.05) is 23.9 Å². The zero-order valence-electron chi connectivity index (χ0n) is 12.6. The first-order chi connectivity index (χ1) is 10.3. The summed E-state index contributed by atoms with van der Waals surface area (Å²) in [5.74, 6) is 1.96. The lowest BCUT2D eigenvalue weighted by Crippen LogP contribution is -2.37. The van der Waals surface area contributed by atoms with E-state index < -0.39 is 0 Å². The third kappa shape index (κ3) is 2.64. The number of aryl methyl sites for hydroxylation is 1. The maximum atomic E-state index is 5.43. The molecule has 0 saturated carbocycles. The molecule has 118 valence electrons. The van der Waals surface area contributed by atoms with Gasteiger partial charge < -0.3 is 15.0 Å². The molecule has 7 heteroatoms. The van der Waals surface area contributed by atoms with Crippen molar-refractivity contribution in [1.82, 2.24) is 14.8 Å². The van der Waals surface area contributed by atoms with Gasteiger partial charge in [-0.2, -0.15) is 5.10 Å². The number of aromatic nitrogens is 3. The Morgan fingerprint density at radius 1 is 1.27 bits per heavy atom. The van der Waals surface area contributed by atoms with Gasteiger partial charge in [-0.3, -0.25) is 0 Å². The molecule has 22 heavy (non-hydrogen) atoms. The quantitative estimate of drug-likeness (QED) is 0.914. The van der Waals surface area contributed by atoms with Gasteiger partial charge in [-0.15, -0.1) is 12.4 Å². The minimum atomic E-state index is 0. The van der Waals surface area contributed by atoms with E-state index in [0.29, 0.717) is 0 Å². The molecular formula is C15H20ClN5O. The van der Waals surface area contributed by atoms with E-state index in [1.165, 1.54) is 11.3 Å². The predicted molar refractivity (Wildman–Crippen MR) is 88.6 cm³/mol. The van der Waals surface area contributed by atoms with Crippen LogP contribution in [0, 0.1) is 6.92 Å². The van der Waals surface area contributed by atoms with Crippen LogP contribution in [-0.4, -0.2) is 47.6 Å². The molecule has 6 nitrogen and oxygen atoms in total. The van der Waals surface area contributed by atoms with Gasteiger partial charge in [0.2, 0.25) is 0 Å². The van der Waals surface area contributed by atoms with E-state index in [2.05, 4.69) is 21.4 Å². The molecule has 0 aliphatic carbocycles. The summed E-state index contributed by atoms with van der Waals surface area (Å²) in [6, 6.07) is 4.17. The van der Waals surface area contributed by atoms with E-state index in [9.17, 15) is 0 Å². The van der Waals surface area contributed by atoms with Gasteiger partial charge in [0.05, 0.1) is 18.9 Å². The number of hydrogen-bond donors (Lipinski definition) is 1. The number of morpholine rings is 1. The number of pyridine rings is 1. The summed E-state index contributed by atoms with van der Waals surface area (Å²) in [4.78, 5) is 7.16. The molecule has 4 heterocycles. The summed E-state index contributed by atoms with van der Waals surface area (Å²) in [5.41, 5.74) is 3.46. The largest absolute Gasteiger partial charge is 0.384 e. The van der Waals surface area contributed by atoms with Crippen LogP contribution in [-0.2, 0) is 11.2 Å². The molecule has 1 fully saturated rings. The molecule has 4 rings (SSSR count). The SMILES string of the molecule is Cc1ccn(-c2nc(N3CCOCC3)cc3c2CCN3)n1.Cl. The fraction of sp³-hybridized carbons (Fsp3) is 0.467. The van der Waals surface area contributed by atoms with E-state index in [0.717, 1.165) is 56.6 Å². The Kier molecular flexibility index (Phi) is 4.22. The van der Waals surface area contributed by atoms with Crippen molar-refractivity contribution >= 4 is 23.9 Å². The van der Waals surface area contributed by atoms with Crippen molar-refractivity contribution < 1.29 is 4.74 Å². The van der Waals surface area contributed by atoms with Crippen LogP contribution in [0.1, 0.15) is 11.3 Å². The highest BCUT2D eigenvalue weighted by Gasteiger charge is 2.22. The molecule has 2 aromatic rings. The van der Waals surface area contributed by atoms with Crippen LogP contribution in [0.15, 0.2) is 18.3 Å². The van der Waals surface area contributed by atoms with Crippen LogP contribution >= 0.6 is 12.4 Å². The fourth-order valence-corrected chi connectivity index (χ4v) is 2.95. The van der Waals surface area contributed by atoms with Crippen LogP contribution in [0.4, 0.5) is 11.5 Å². The van der Waals surface area contributed by atoms with Gasteiger partial charge >= 0.3 is 0 Å². The fourth-order valence-electron chi connectivity index (χ4n) is 2.95. The Morgan fingerprint density at radius 2 is 2.09 bits per heavy atom. The number of hydrogen-bond acceptors (Lipinski definition) is 5. The minimum Gasteiger partial charge on any atom is -0.384 e. The first-order valence-corrected chi connectivity index (χ1v) is 7.44. The van der Waals surface area contributed by atoms with E-state index >= 15 is 0 Å². The van der Waals surface area contributed by atoms with Crippen LogP contribution in [0.5, 0.6) is 0 Å². The average molecular weight is 322 g/mol. The number of rotatable bonds is 2. The number of nitrogens with zero attached hydrogens (tertiary/aromatic N) is 4. The highest BCUT2D eigenvalue weighted by molar-refractivity contribution is 5.85. The summed E-state index contributed by atoms with van der Waals surface area (Å²) in [7, 11) is 0. The molecule has 1 N–H and O–H groups in total. The third-order valence-corrected chi connectivity index (χ3v) is 4.05. The molecule has 0 radical (unpaired) electrons. The van der Waals surface area contributed by atoms with Crippen LogP contribution < -0.4 is 10.2 Å². The van der Waals surface area contributed by atoms with Gasteiger partial charge in [0.15, 0.2) is 5.82 Å². The Morgan fingerprint density at radius 3 is 2.82 bits per heavy atom. The van der Waals surface area contributed by atoms with Crippen LogP contribution in [0.25, 0.3) is 5.82 Å². The van der Waals surface area contributed by atoms with Crippen molar-refractivity contribution in [2.45, 2.75) is 13.3 Å². The zero-order valence-corrected chi connectivity index (χ0v) is 13.4. The highest BCUT2D eigenvalue weighted by atomic mass is 35.5. The van der Waals surface area contributed by atoms with Gasteiger partial charge in [0.25, 0.3) is 0 Å². The summed E-state index contributed by atoms with van der Waals surface area (Å²) < 4.78 is 7.32. The molecule has 0 aromatic carbocycles. The molecule has 2 aliphatic heterocycles. The van der Waals surface area contributed by atoms with Crippen LogP contribution in [0.2, 0.25) is 0 Å². The number of ether oxygens (including phenoxy) is 1. The maximum absolute atomic E-state index is 5.43. The molecule has 2 aromatic heterocycles. The molecule has 0 amide bonds. The Bertz CT molecular complexity index is 666. The normalized spacial score (nSPS) is 16.9. The van der Waals surface area contributed by atoms with Crippen molar-refractivity contribution in [2.75, 3.05) is 43.1 Å². The van der Waals surface area contributed by atoms with Gasteiger partial charge in [-0.05, 0) is 19.4 Å². The standard InChI is InChI=1S/C15H19N5O.ClH/c1-11-3-5-20(18-11)15-12-2-4-16-13(12)10-14(17-15)19-6-8-21-9-7-19;/h3,5,10,16H,2,4,6-9H2,1H3;1H. The van der Waals surface area contributed by atoms with Gasteiger partial charge in [-0.1, -0.05) is 0 Å². The second kappa shape index (κ2) is 6.14. The number of halogens is 1. The molecule has 0 unspecified atom stereocenters. The smallest absolute Gasteiger partial charge is 0.161 e. The number of nitrogens with one attached hydrogen (secondary N) is 1.